The molecule has 0 aliphatic heterocycles. The molecule has 266 valence electrons. The molecular weight excluding hydrogens is 675 g/mol. The molecule has 1 aliphatic rings. The van der Waals surface area contributed by atoms with Crippen molar-refractivity contribution in [3.05, 3.63) is 223 Å². The van der Waals surface area contributed by atoms with Crippen molar-refractivity contribution in [2.45, 2.75) is 19.3 Å². The summed E-state index contributed by atoms with van der Waals surface area (Å²) >= 11 is 0. The van der Waals surface area contributed by atoms with Gasteiger partial charge in [0.15, 0.2) is 0 Å². The van der Waals surface area contributed by atoms with Gasteiger partial charge in [-0.1, -0.05) is 184 Å². The normalized spacial score (nSPS) is 12.6. The molecule has 0 saturated heterocycles. The van der Waals surface area contributed by atoms with Crippen LogP contribution in [0.5, 0.6) is 0 Å². The van der Waals surface area contributed by atoms with Crippen LogP contribution >= 0.6 is 0 Å². The van der Waals surface area contributed by atoms with E-state index in [0.29, 0.717) is 0 Å². The fraction of sp³-hybridized carbons (Fsp3) is 0.0545. The van der Waals surface area contributed by atoms with Crippen LogP contribution in [-0.2, 0) is 5.41 Å². The molecule has 1 nitrogen and oxygen atoms in total. The summed E-state index contributed by atoms with van der Waals surface area (Å²) in [4.78, 5) is 2.46. The van der Waals surface area contributed by atoms with Crippen LogP contribution in [0.4, 0.5) is 17.1 Å². The maximum atomic E-state index is 2.49. The smallest absolute Gasteiger partial charge is 0.0543 e. The van der Waals surface area contributed by atoms with E-state index in [1.807, 2.05) is 0 Å². The van der Waals surface area contributed by atoms with Crippen LogP contribution in [0.3, 0.4) is 0 Å². The van der Waals surface area contributed by atoms with Gasteiger partial charge in [0.25, 0.3) is 0 Å². The monoisotopic (exact) mass is 715 g/mol. The van der Waals surface area contributed by atoms with Gasteiger partial charge in [-0.2, -0.15) is 0 Å². The molecule has 10 rings (SSSR count). The summed E-state index contributed by atoms with van der Waals surface area (Å²) in [5.41, 5.74) is 18.2. The molecule has 0 saturated carbocycles. The summed E-state index contributed by atoms with van der Waals surface area (Å²) in [7, 11) is 0. The first kappa shape index (κ1) is 33.6. The second-order valence-electron chi connectivity index (χ2n) is 15.4. The first-order chi connectivity index (χ1) is 27.5. The highest BCUT2D eigenvalue weighted by atomic mass is 15.1. The van der Waals surface area contributed by atoms with Crippen molar-refractivity contribution in [2.24, 2.45) is 0 Å². The topological polar surface area (TPSA) is 3.24 Å². The summed E-state index contributed by atoms with van der Waals surface area (Å²) in [6.07, 6.45) is 0. The van der Waals surface area contributed by atoms with Crippen molar-refractivity contribution in [3.8, 4) is 55.6 Å². The molecule has 0 amide bonds. The Bertz CT molecular complexity index is 2750. The maximum absolute atomic E-state index is 2.49. The van der Waals surface area contributed by atoms with Crippen molar-refractivity contribution < 1.29 is 0 Å². The maximum Gasteiger partial charge on any atom is 0.0543 e. The van der Waals surface area contributed by atoms with Crippen LogP contribution in [0.1, 0.15) is 25.0 Å². The van der Waals surface area contributed by atoms with Crippen molar-refractivity contribution in [3.63, 3.8) is 0 Å². The summed E-state index contributed by atoms with van der Waals surface area (Å²) < 4.78 is 0. The third-order valence-electron chi connectivity index (χ3n) is 11.7. The average Bonchev–Trinajstić information content (AvgIpc) is 3.49. The van der Waals surface area contributed by atoms with Crippen molar-refractivity contribution in [1.29, 1.82) is 0 Å². The number of benzene rings is 9. The summed E-state index contributed by atoms with van der Waals surface area (Å²) in [6.45, 7) is 4.78. The second kappa shape index (κ2) is 13.7. The first-order valence-corrected chi connectivity index (χ1v) is 19.5. The van der Waals surface area contributed by atoms with Crippen LogP contribution in [0, 0.1) is 0 Å². The SMILES string of the molecule is CC1(C)c2cc(N(c3ccc(-c4ccccc4)cc3)c3ccc(-c4ccccc4)cc3)c(-c3ccc4ccccc4c3)cc2-c2c(-c3ccccc3)cccc21. The number of rotatable bonds is 7. The zero-order chi connectivity index (χ0) is 37.6. The Kier molecular flexibility index (Phi) is 8.23. The predicted octanol–water partition coefficient (Wildman–Crippen LogP) is 15.3. The van der Waals surface area contributed by atoms with Gasteiger partial charge < -0.3 is 4.90 Å². The molecule has 0 fully saturated rings. The molecule has 9 aromatic carbocycles. The van der Waals surface area contributed by atoms with Gasteiger partial charge in [0, 0.05) is 22.4 Å². The Hall–Kier alpha value is -6.96. The van der Waals surface area contributed by atoms with E-state index in [-0.39, 0.29) is 5.41 Å². The van der Waals surface area contributed by atoms with Crippen LogP contribution in [-0.4, -0.2) is 0 Å². The highest BCUT2D eigenvalue weighted by Gasteiger charge is 2.38. The second-order valence-corrected chi connectivity index (χ2v) is 15.4. The quantitative estimate of drug-likeness (QED) is 0.159. The van der Waals surface area contributed by atoms with Gasteiger partial charge in [-0.05, 0) is 114 Å². The molecule has 0 bridgehead atoms. The lowest BCUT2D eigenvalue weighted by molar-refractivity contribution is 0.660. The molecule has 0 aromatic heterocycles. The van der Waals surface area contributed by atoms with Gasteiger partial charge in [0.2, 0.25) is 0 Å². The van der Waals surface area contributed by atoms with E-state index in [4.69, 9.17) is 0 Å². The fourth-order valence-electron chi connectivity index (χ4n) is 8.75. The minimum Gasteiger partial charge on any atom is -0.310 e. The highest BCUT2D eigenvalue weighted by Crippen LogP contribution is 2.56. The van der Waals surface area contributed by atoms with Gasteiger partial charge in [-0.3, -0.25) is 0 Å². The molecule has 56 heavy (non-hydrogen) atoms. The van der Waals surface area contributed by atoms with Crippen LogP contribution in [0.15, 0.2) is 212 Å². The molecule has 1 aliphatic carbocycles. The Morgan fingerprint density at radius 1 is 0.321 bits per heavy atom. The Labute approximate surface area is 329 Å². The van der Waals surface area contributed by atoms with Gasteiger partial charge in [0.05, 0.1) is 5.69 Å². The summed E-state index contributed by atoms with van der Waals surface area (Å²) in [5.74, 6) is 0. The number of fused-ring (bicyclic) bond motifs is 4. The molecule has 0 radical (unpaired) electrons. The van der Waals surface area contributed by atoms with Gasteiger partial charge in [-0.25, -0.2) is 0 Å². The van der Waals surface area contributed by atoms with Gasteiger partial charge in [0.1, 0.15) is 0 Å². The van der Waals surface area contributed by atoms with E-state index >= 15 is 0 Å². The number of anilines is 3. The molecule has 0 spiro atoms. The van der Waals surface area contributed by atoms with Crippen molar-refractivity contribution in [1.82, 2.24) is 0 Å². The van der Waals surface area contributed by atoms with Crippen LogP contribution < -0.4 is 4.90 Å². The van der Waals surface area contributed by atoms with E-state index in [2.05, 4.69) is 231 Å². The third-order valence-corrected chi connectivity index (χ3v) is 11.7. The molecule has 9 aromatic rings. The van der Waals surface area contributed by atoms with E-state index in [1.165, 1.54) is 77.5 Å². The molecule has 0 N–H and O–H groups in total. The van der Waals surface area contributed by atoms with Gasteiger partial charge >= 0.3 is 0 Å². The largest absolute Gasteiger partial charge is 0.310 e. The number of hydrogen-bond acceptors (Lipinski definition) is 1. The molecule has 0 atom stereocenters. The molecule has 0 heterocycles. The number of hydrogen-bond donors (Lipinski definition) is 0. The van der Waals surface area contributed by atoms with Gasteiger partial charge in [-0.15, -0.1) is 0 Å². The standard InChI is InChI=1S/C55H41N/c1-55(2)51-24-14-23-48(43-20-10-5-11-21-43)54(51)50-36-49(45-26-25-40-19-12-13-22-44(40)35-45)53(37-52(50)55)56(46-31-27-41(28-32-46)38-15-6-3-7-16-38)47-33-29-42(30-34-47)39-17-8-4-9-18-39/h3-37H,1-2H3. The zero-order valence-electron chi connectivity index (χ0n) is 31.7. The average molecular weight is 716 g/mol. The number of nitrogens with zero attached hydrogens (tertiary/aromatic N) is 1. The highest BCUT2D eigenvalue weighted by molar-refractivity contribution is 6.00. The zero-order valence-corrected chi connectivity index (χ0v) is 31.7. The predicted molar refractivity (Wildman–Crippen MR) is 238 cm³/mol. The minimum absolute atomic E-state index is 0.216. The summed E-state index contributed by atoms with van der Waals surface area (Å²) in [5, 5.41) is 2.47. The molecule has 1 heteroatoms. The fourth-order valence-corrected chi connectivity index (χ4v) is 8.75. The molecular formula is C55H41N. The Balaban J connectivity index is 1.23. The van der Waals surface area contributed by atoms with Crippen molar-refractivity contribution in [2.75, 3.05) is 4.90 Å². The van der Waals surface area contributed by atoms with E-state index in [0.717, 1.165) is 17.1 Å². The van der Waals surface area contributed by atoms with E-state index in [1.54, 1.807) is 0 Å². The Morgan fingerprint density at radius 2 is 0.821 bits per heavy atom. The summed E-state index contributed by atoms with van der Waals surface area (Å²) in [6, 6.07) is 77.7. The van der Waals surface area contributed by atoms with Crippen LogP contribution in [0.25, 0.3) is 66.4 Å². The van der Waals surface area contributed by atoms with E-state index in [9.17, 15) is 0 Å². The van der Waals surface area contributed by atoms with E-state index < -0.39 is 0 Å². The molecule has 0 unspecified atom stereocenters. The van der Waals surface area contributed by atoms with Crippen LogP contribution in [0.2, 0.25) is 0 Å². The minimum atomic E-state index is -0.216. The first-order valence-electron chi connectivity index (χ1n) is 19.5. The third kappa shape index (κ3) is 5.81. The lowest BCUT2D eigenvalue weighted by Gasteiger charge is -2.31. The Morgan fingerprint density at radius 3 is 1.41 bits per heavy atom. The lowest BCUT2D eigenvalue weighted by Crippen LogP contribution is -2.17. The lowest BCUT2D eigenvalue weighted by atomic mass is 9.81. The van der Waals surface area contributed by atoms with Crippen molar-refractivity contribution >= 4 is 27.8 Å².